The van der Waals surface area contributed by atoms with Crippen LogP contribution >= 0.6 is 12.0 Å². The van der Waals surface area contributed by atoms with Gasteiger partial charge >= 0.3 is 0 Å². The molecule has 24 nitrogen and oxygen atoms in total. The molecule has 0 saturated heterocycles. The maximum Gasteiger partial charge on any atom is 0.295 e. The van der Waals surface area contributed by atoms with Gasteiger partial charge < -0.3 is 61.3 Å². The highest BCUT2D eigenvalue weighted by molar-refractivity contribution is 7.94. The minimum atomic E-state index is -4.80. The highest BCUT2D eigenvalue weighted by atomic mass is 32.2. The van der Waals surface area contributed by atoms with E-state index in [9.17, 15) is 33.4 Å². The Morgan fingerprint density at radius 2 is 1.03 bits per heavy atom. The lowest BCUT2D eigenvalue weighted by Gasteiger charge is -2.22. The van der Waals surface area contributed by atoms with Crippen LogP contribution in [0.25, 0.3) is 12.2 Å². The van der Waals surface area contributed by atoms with E-state index in [1.54, 1.807) is 40.1 Å². The predicted molar refractivity (Wildman–Crippen MR) is 263 cm³/mol. The largest absolute Gasteiger partial charge is 0.395 e. The van der Waals surface area contributed by atoms with Crippen LogP contribution in [-0.4, -0.2) is 183 Å². The molecule has 2 aromatic heterocycles. The van der Waals surface area contributed by atoms with Gasteiger partial charge in [0.25, 0.3) is 10.1 Å². The fourth-order valence-electron chi connectivity index (χ4n) is 6.76. The summed E-state index contributed by atoms with van der Waals surface area (Å²) in [6, 6.07) is 9.27. The molecule has 0 fully saturated rings. The number of rotatable bonds is 34. The number of nitrogens with zero attached hydrogens (tertiary/aromatic N) is 10. The fourth-order valence-corrected chi connectivity index (χ4v) is 7.98. The van der Waals surface area contributed by atoms with Crippen molar-refractivity contribution in [1.29, 1.82) is 0 Å². The molecule has 2 heterocycles. The molecule has 0 amide bonds. The van der Waals surface area contributed by atoms with Crippen molar-refractivity contribution in [2.45, 2.75) is 50.3 Å². The second-order valence-electron chi connectivity index (χ2n) is 14.8. The van der Waals surface area contributed by atoms with Gasteiger partial charge in [0.1, 0.15) is 4.90 Å². The lowest BCUT2D eigenvalue weighted by Crippen LogP contribution is -2.32. The monoisotopic (exact) mass is 990 g/mol. The van der Waals surface area contributed by atoms with E-state index in [1.807, 2.05) is 0 Å². The van der Waals surface area contributed by atoms with E-state index >= 15 is 0 Å². The molecule has 26 heteroatoms. The molecule has 0 aliphatic heterocycles. The van der Waals surface area contributed by atoms with Gasteiger partial charge in [-0.1, -0.05) is 57.0 Å². The molecular formula is C42H66N14O10S2. The summed E-state index contributed by atoms with van der Waals surface area (Å²) in [6.07, 6.45) is 4.67. The van der Waals surface area contributed by atoms with E-state index < -0.39 is 15.0 Å². The molecule has 4 aromatic rings. The van der Waals surface area contributed by atoms with Gasteiger partial charge in [0.15, 0.2) is 0 Å². The Morgan fingerprint density at radius 3 is 1.46 bits per heavy atom. The van der Waals surface area contributed by atoms with E-state index in [1.165, 1.54) is 18.2 Å². The summed E-state index contributed by atoms with van der Waals surface area (Å²) in [6.45, 7) is 14.7. The molecule has 68 heavy (non-hydrogen) atoms. The standard InChI is InChI=1S/C42H66N14O10S2/c1-5-53(6-2)19-9-17-43-37-47-39(51-41(49-37)55(21-25-57)22-26-58)45-33-15-13-31(35(29-33)67-66-65-61)11-12-32-14-16-34(30-36(32)68(62,63)64)46-40-48-38(44-18-10-20-54(7-3)8-4)50-42(52-40)56(23-27-59)24-28-60/h11-16,29-30,57-61H,5-10,17-28H2,1-4H3,(H,62,63,64)(H2,43,45,47,49,51)(H2,44,46,48,50,52). The third kappa shape index (κ3) is 18.1. The minimum absolute atomic E-state index is 0.0348. The molecule has 0 unspecified atom stereocenters. The summed E-state index contributed by atoms with van der Waals surface area (Å²) in [4.78, 5) is 34.8. The average molecular weight is 991 g/mol. The van der Waals surface area contributed by atoms with Gasteiger partial charge in [-0.05, 0) is 87.5 Å². The molecule has 0 aliphatic rings. The molecule has 2 aromatic carbocycles. The van der Waals surface area contributed by atoms with Crippen LogP contribution < -0.4 is 31.1 Å². The Hall–Kier alpha value is -5.10. The minimum Gasteiger partial charge on any atom is -0.395 e. The van der Waals surface area contributed by atoms with Crippen molar-refractivity contribution in [3.05, 3.63) is 47.5 Å². The number of aliphatic hydroxyl groups is 4. The molecule has 4 rings (SSSR count). The second kappa shape index (κ2) is 29.7. The maximum absolute atomic E-state index is 12.8. The highest BCUT2D eigenvalue weighted by Crippen LogP contribution is 2.31. The lowest BCUT2D eigenvalue weighted by atomic mass is 10.1. The third-order valence-electron chi connectivity index (χ3n) is 10.4. The van der Waals surface area contributed by atoms with Crippen LogP contribution in [-0.2, 0) is 19.5 Å². The first-order valence-corrected chi connectivity index (χ1v) is 24.6. The Labute approximate surface area is 401 Å². The summed E-state index contributed by atoms with van der Waals surface area (Å²) in [5.41, 5.74) is 1.28. The number of anilines is 8. The van der Waals surface area contributed by atoms with E-state index in [0.717, 1.165) is 52.1 Å². The van der Waals surface area contributed by atoms with Gasteiger partial charge in [-0.15, -0.1) is 4.33 Å². The SMILES string of the molecule is CCN(CC)CCCNc1nc(Nc2ccc(C=Cc3ccc(Nc4nc(NCCCN(CC)CC)nc(N(CCO)CCO)n4)cc3S(=O)(=O)O)c(SOOO)c2)nc(N(CCO)CCO)n1. The van der Waals surface area contributed by atoms with E-state index in [4.69, 9.17) is 9.59 Å². The number of nitrogens with one attached hydrogen (secondary N) is 4. The quantitative estimate of drug-likeness (QED) is 0.00802. The molecule has 0 radical (unpaired) electrons. The molecule has 0 spiro atoms. The molecular weight excluding hydrogens is 925 g/mol. The number of aliphatic hydroxyl groups excluding tert-OH is 4. The lowest BCUT2D eigenvalue weighted by molar-refractivity contribution is -0.432. The van der Waals surface area contributed by atoms with Gasteiger partial charge in [0, 0.05) is 55.5 Å². The third-order valence-corrected chi connectivity index (χ3v) is 11.9. The Balaban J connectivity index is 1.63. The zero-order valence-corrected chi connectivity index (χ0v) is 40.6. The van der Waals surface area contributed by atoms with Crippen molar-refractivity contribution in [2.75, 3.05) is 136 Å². The fraction of sp³-hybridized carbons (Fsp3) is 0.524. The summed E-state index contributed by atoms with van der Waals surface area (Å²) in [7, 11) is -4.80. The van der Waals surface area contributed by atoms with Crippen molar-refractivity contribution in [1.82, 2.24) is 39.7 Å². The topological polar surface area (TPSA) is 312 Å². The number of hydrogen-bond donors (Lipinski definition) is 10. The predicted octanol–water partition coefficient (Wildman–Crippen LogP) is 3.26. The average Bonchev–Trinajstić information content (AvgIpc) is 3.32. The Kier molecular flexibility index (Phi) is 24.2. The maximum atomic E-state index is 12.8. The van der Waals surface area contributed by atoms with Crippen LogP contribution in [0.5, 0.6) is 0 Å². The van der Waals surface area contributed by atoms with Crippen molar-refractivity contribution < 1.29 is 48.0 Å². The van der Waals surface area contributed by atoms with Crippen molar-refractivity contribution in [2.24, 2.45) is 0 Å². The summed E-state index contributed by atoms with van der Waals surface area (Å²) >= 11 is 0.652. The molecule has 0 atom stereocenters. The smallest absolute Gasteiger partial charge is 0.295 e. The highest BCUT2D eigenvalue weighted by Gasteiger charge is 2.19. The van der Waals surface area contributed by atoms with Gasteiger partial charge in [-0.3, -0.25) is 4.55 Å². The number of aromatic nitrogens is 6. The number of hydrogen-bond acceptors (Lipinski definition) is 24. The first kappa shape index (κ1) is 55.5. The zero-order valence-electron chi connectivity index (χ0n) is 39.0. The molecule has 376 valence electrons. The van der Waals surface area contributed by atoms with Crippen LogP contribution in [0, 0.1) is 0 Å². The van der Waals surface area contributed by atoms with E-state index in [0.29, 0.717) is 41.3 Å². The van der Waals surface area contributed by atoms with Crippen molar-refractivity contribution in [3.8, 4) is 0 Å². The van der Waals surface area contributed by atoms with Crippen LogP contribution in [0.1, 0.15) is 51.7 Å². The number of benzene rings is 2. The summed E-state index contributed by atoms with van der Waals surface area (Å²) in [5.74, 6) is 1.06. The normalized spacial score (nSPS) is 11.8. The van der Waals surface area contributed by atoms with Crippen molar-refractivity contribution in [3.63, 3.8) is 0 Å². The van der Waals surface area contributed by atoms with Gasteiger partial charge in [-0.25, -0.2) is 5.26 Å². The van der Waals surface area contributed by atoms with Crippen LogP contribution in [0.15, 0.2) is 46.2 Å². The Bertz CT molecular complexity index is 2250. The van der Waals surface area contributed by atoms with Crippen molar-refractivity contribution >= 4 is 81.4 Å². The molecule has 0 saturated carbocycles. The van der Waals surface area contributed by atoms with Crippen LogP contribution in [0.2, 0.25) is 0 Å². The van der Waals surface area contributed by atoms with Gasteiger partial charge in [0.2, 0.25) is 35.7 Å². The van der Waals surface area contributed by atoms with Crippen LogP contribution in [0.3, 0.4) is 0 Å². The Morgan fingerprint density at radius 1 is 0.603 bits per heavy atom. The van der Waals surface area contributed by atoms with Gasteiger partial charge in [-0.2, -0.15) is 38.3 Å². The van der Waals surface area contributed by atoms with E-state index in [2.05, 4.69) is 93.7 Å². The first-order valence-electron chi connectivity index (χ1n) is 22.4. The molecule has 0 aliphatic carbocycles. The second-order valence-corrected chi connectivity index (χ2v) is 17.0. The molecule has 10 N–H and O–H groups in total. The zero-order chi connectivity index (χ0) is 49.3. The van der Waals surface area contributed by atoms with Crippen LogP contribution in [0.4, 0.5) is 47.1 Å². The molecule has 0 bridgehead atoms. The summed E-state index contributed by atoms with van der Waals surface area (Å²) < 4.78 is 40.8. The van der Waals surface area contributed by atoms with E-state index in [-0.39, 0.29) is 99.5 Å². The summed E-state index contributed by atoms with van der Waals surface area (Å²) in [5, 5.41) is 64.3. The first-order chi connectivity index (χ1) is 32.9. The van der Waals surface area contributed by atoms with Gasteiger partial charge in [0.05, 0.1) is 38.5 Å².